The van der Waals surface area contributed by atoms with E-state index < -0.39 is 0 Å². The summed E-state index contributed by atoms with van der Waals surface area (Å²) in [5, 5.41) is 9.75. The number of carbonyl (C=O) groups excluding carboxylic acids is 1. The highest BCUT2D eigenvalue weighted by Crippen LogP contribution is 2.22. The first kappa shape index (κ1) is 23.7. The molecule has 3 N–H and O–H groups in total. The number of carbonyl (C=O) groups is 1. The van der Waals surface area contributed by atoms with Gasteiger partial charge in [0.1, 0.15) is 0 Å². The summed E-state index contributed by atoms with van der Waals surface area (Å²) in [6.07, 6.45) is 0. The lowest BCUT2D eigenvalue weighted by Crippen LogP contribution is -2.14. The van der Waals surface area contributed by atoms with Crippen molar-refractivity contribution < 1.29 is 4.79 Å². The molecule has 3 aromatic carbocycles. The van der Waals surface area contributed by atoms with Gasteiger partial charge in [-0.2, -0.15) is 15.0 Å². The number of hydrogen-bond acceptors (Lipinski definition) is 7. The number of amides is 1. The largest absolute Gasteiger partial charge is 0.325 e. The molecule has 0 unspecified atom stereocenters. The van der Waals surface area contributed by atoms with Crippen molar-refractivity contribution in [1.82, 2.24) is 15.0 Å². The second-order valence-corrected chi connectivity index (χ2v) is 9.45. The Kier molecular flexibility index (Phi) is 7.76. The minimum Gasteiger partial charge on any atom is -0.325 e. The molecule has 0 spiro atoms. The van der Waals surface area contributed by atoms with Gasteiger partial charge in [0.05, 0.1) is 5.75 Å². The average molecular weight is 535 g/mol. The molecule has 0 fully saturated rings. The van der Waals surface area contributed by atoms with Crippen LogP contribution in [0.1, 0.15) is 11.1 Å². The lowest BCUT2D eigenvalue weighted by molar-refractivity contribution is -0.113. The van der Waals surface area contributed by atoms with Gasteiger partial charge >= 0.3 is 0 Å². The molecule has 0 saturated heterocycles. The zero-order chi connectivity index (χ0) is 23.9. The maximum Gasteiger partial charge on any atom is 0.234 e. The van der Waals surface area contributed by atoms with Crippen LogP contribution in [-0.2, 0) is 4.79 Å². The van der Waals surface area contributed by atoms with Crippen molar-refractivity contribution in [3.63, 3.8) is 0 Å². The fraction of sp³-hybridized carbons (Fsp3) is 0.120. The Labute approximate surface area is 211 Å². The van der Waals surface area contributed by atoms with Crippen molar-refractivity contribution in [3.8, 4) is 0 Å². The highest BCUT2D eigenvalue weighted by atomic mass is 79.9. The molecule has 4 rings (SSSR count). The molecule has 1 heterocycles. The monoisotopic (exact) mass is 534 g/mol. The summed E-state index contributed by atoms with van der Waals surface area (Å²) >= 11 is 4.63. The second-order valence-electron chi connectivity index (χ2n) is 7.59. The SMILES string of the molecule is Cc1ccc(Nc2nc(Nc3ccc(C)cc3)nc(SCC(=O)Nc3ccc(Br)cc3)n2)cc1. The lowest BCUT2D eigenvalue weighted by atomic mass is 10.2. The van der Waals surface area contributed by atoms with Crippen LogP contribution in [0.2, 0.25) is 0 Å². The minimum absolute atomic E-state index is 0.145. The summed E-state index contributed by atoms with van der Waals surface area (Å²) in [6.45, 7) is 4.06. The summed E-state index contributed by atoms with van der Waals surface area (Å²) in [7, 11) is 0. The van der Waals surface area contributed by atoms with E-state index >= 15 is 0 Å². The van der Waals surface area contributed by atoms with E-state index in [9.17, 15) is 4.79 Å². The van der Waals surface area contributed by atoms with Gasteiger partial charge in [-0.25, -0.2) is 0 Å². The number of nitrogens with zero attached hydrogens (tertiary/aromatic N) is 3. The Morgan fingerprint density at radius 3 is 1.71 bits per heavy atom. The number of nitrogens with one attached hydrogen (secondary N) is 3. The zero-order valence-electron chi connectivity index (χ0n) is 18.7. The first-order valence-corrected chi connectivity index (χ1v) is 12.3. The van der Waals surface area contributed by atoms with Crippen LogP contribution in [0.5, 0.6) is 0 Å². The zero-order valence-corrected chi connectivity index (χ0v) is 21.1. The third-order valence-electron chi connectivity index (χ3n) is 4.69. The quantitative estimate of drug-likeness (QED) is 0.223. The van der Waals surface area contributed by atoms with Gasteiger partial charge in [0.25, 0.3) is 0 Å². The van der Waals surface area contributed by atoms with Gasteiger partial charge in [-0.05, 0) is 62.4 Å². The molecule has 7 nitrogen and oxygen atoms in total. The van der Waals surface area contributed by atoms with E-state index in [1.54, 1.807) is 0 Å². The molecule has 0 aliphatic carbocycles. The van der Waals surface area contributed by atoms with Gasteiger partial charge in [0.15, 0.2) is 5.16 Å². The fourth-order valence-corrected chi connectivity index (χ4v) is 3.82. The first-order chi connectivity index (χ1) is 16.4. The Morgan fingerprint density at radius 1 is 0.735 bits per heavy atom. The van der Waals surface area contributed by atoms with Crippen LogP contribution in [0.25, 0.3) is 0 Å². The number of benzene rings is 3. The summed E-state index contributed by atoms with van der Waals surface area (Å²) in [6, 6.07) is 23.3. The Bertz CT molecular complexity index is 1200. The average Bonchev–Trinajstić information content (AvgIpc) is 2.82. The fourth-order valence-electron chi connectivity index (χ4n) is 2.93. The van der Waals surface area contributed by atoms with Gasteiger partial charge in [-0.15, -0.1) is 0 Å². The van der Waals surface area contributed by atoms with Crippen molar-refractivity contribution in [2.75, 3.05) is 21.7 Å². The Balaban J connectivity index is 1.50. The molecular weight excluding hydrogens is 512 g/mol. The second kappa shape index (κ2) is 11.1. The van der Waals surface area contributed by atoms with Crippen LogP contribution >= 0.6 is 27.7 Å². The van der Waals surface area contributed by atoms with E-state index in [0.29, 0.717) is 17.1 Å². The number of anilines is 5. The highest BCUT2D eigenvalue weighted by Gasteiger charge is 2.11. The van der Waals surface area contributed by atoms with Crippen LogP contribution in [0.15, 0.2) is 82.4 Å². The number of aryl methyl sites for hydroxylation is 2. The van der Waals surface area contributed by atoms with Crippen LogP contribution in [0, 0.1) is 13.8 Å². The summed E-state index contributed by atoms with van der Waals surface area (Å²) in [5.74, 6) is 0.802. The number of thioether (sulfide) groups is 1. The summed E-state index contributed by atoms with van der Waals surface area (Å²) < 4.78 is 0.951. The van der Waals surface area contributed by atoms with E-state index in [-0.39, 0.29) is 11.7 Å². The molecule has 9 heteroatoms. The first-order valence-electron chi connectivity index (χ1n) is 10.5. The van der Waals surface area contributed by atoms with Crippen molar-refractivity contribution in [1.29, 1.82) is 0 Å². The van der Waals surface area contributed by atoms with Crippen molar-refractivity contribution in [2.24, 2.45) is 0 Å². The molecule has 0 atom stereocenters. The maximum atomic E-state index is 12.4. The predicted molar refractivity (Wildman–Crippen MR) is 142 cm³/mol. The number of rotatable bonds is 8. The molecule has 0 saturated carbocycles. The summed E-state index contributed by atoms with van der Waals surface area (Å²) in [4.78, 5) is 26.0. The van der Waals surface area contributed by atoms with E-state index in [4.69, 9.17) is 0 Å². The van der Waals surface area contributed by atoms with Gasteiger partial charge in [0, 0.05) is 21.5 Å². The van der Waals surface area contributed by atoms with Crippen molar-refractivity contribution in [2.45, 2.75) is 19.0 Å². The van der Waals surface area contributed by atoms with Gasteiger partial charge in [-0.3, -0.25) is 4.79 Å². The van der Waals surface area contributed by atoms with E-state index in [2.05, 4.69) is 46.8 Å². The van der Waals surface area contributed by atoms with E-state index in [1.165, 1.54) is 11.8 Å². The Hall–Kier alpha value is -3.43. The molecule has 34 heavy (non-hydrogen) atoms. The van der Waals surface area contributed by atoms with Crippen molar-refractivity contribution in [3.05, 3.63) is 88.4 Å². The third kappa shape index (κ3) is 7.03. The van der Waals surface area contributed by atoms with Crippen LogP contribution in [-0.4, -0.2) is 26.6 Å². The van der Waals surface area contributed by atoms with Crippen LogP contribution in [0.4, 0.5) is 29.0 Å². The molecule has 0 radical (unpaired) electrons. The van der Waals surface area contributed by atoms with Gasteiger partial charge in [-0.1, -0.05) is 63.1 Å². The molecule has 4 aromatic rings. The molecule has 172 valence electrons. The molecule has 0 aliphatic heterocycles. The Morgan fingerprint density at radius 2 is 1.21 bits per heavy atom. The molecule has 1 aromatic heterocycles. The van der Waals surface area contributed by atoms with E-state index in [1.807, 2.05) is 86.6 Å². The number of aromatic nitrogens is 3. The normalized spacial score (nSPS) is 10.6. The lowest BCUT2D eigenvalue weighted by Gasteiger charge is -2.11. The molecular formula is C25H23BrN6OS. The maximum absolute atomic E-state index is 12.4. The number of hydrogen-bond donors (Lipinski definition) is 3. The molecule has 1 amide bonds. The smallest absolute Gasteiger partial charge is 0.234 e. The topological polar surface area (TPSA) is 91.8 Å². The standard InChI is InChI=1S/C25H23BrN6OS/c1-16-3-9-20(10-4-16)28-23-30-24(29-21-11-5-17(2)6-12-21)32-25(31-23)34-15-22(33)27-19-13-7-18(26)8-14-19/h3-14H,15H2,1-2H3,(H,27,33)(H2,28,29,30,31,32). The predicted octanol–water partition coefficient (Wildman–Crippen LogP) is 6.47. The van der Waals surface area contributed by atoms with Gasteiger partial charge < -0.3 is 16.0 Å². The highest BCUT2D eigenvalue weighted by molar-refractivity contribution is 9.10. The molecule has 0 aliphatic rings. The molecule has 0 bridgehead atoms. The van der Waals surface area contributed by atoms with E-state index in [0.717, 1.165) is 32.7 Å². The van der Waals surface area contributed by atoms with Gasteiger partial charge in [0.2, 0.25) is 17.8 Å². The van der Waals surface area contributed by atoms with Crippen molar-refractivity contribution >= 4 is 62.6 Å². The minimum atomic E-state index is -0.145. The van der Waals surface area contributed by atoms with Crippen LogP contribution in [0.3, 0.4) is 0 Å². The van der Waals surface area contributed by atoms with Crippen LogP contribution < -0.4 is 16.0 Å². The third-order valence-corrected chi connectivity index (χ3v) is 6.07. The summed E-state index contributed by atoms with van der Waals surface area (Å²) in [5.41, 5.74) is 4.78. The number of halogens is 1.